The maximum Gasteiger partial charge on any atom is 0.223 e. The predicted octanol–water partition coefficient (Wildman–Crippen LogP) is 2.86. The van der Waals surface area contributed by atoms with Crippen molar-refractivity contribution in [2.75, 3.05) is 6.26 Å². The van der Waals surface area contributed by atoms with E-state index in [0.29, 0.717) is 41.2 Å². The molecule has 1 saturated carbocycles. The topological polar surface area (TPSA) is 89.4 Å². The fourth-order valence-corrected chi connectivity index (χ4v) is 4.21. The fourth-order valence-electron chi connectivity index (χ4n) is 2.92. The molecule has 136 valence electrons. The lowest BCUT2D eigenvalue weighted by Crippen LogP contribution is -2.42. The third-order valence-corrected chi connectivity index (χ3v) is 6.71. The summed E-state index contributed by atoms with van der Waals surface area (Å²) in [5.74, 6) is 0.381. The Balaban J connectivity index is 1.95. The number of aliphatic hydroxyl groups is 1. The van der Waals surface area contributed by atoms with Crippen LogP contribution in [0.5, 0.6) is 5.88 Å². The molecule has 1 N–H and O–H groups in total. The zero-order valence-corrected chi connectivity index (χ0v) is 15.9. The molecular formula is C17H21ClN2O4S. The van der Waals surface area contributed by atoms with E-state index in [4.69, 9.17) is 16.3 Å². The minimum Gasteiger partial charge on any atom is -0.474 e. The first kappa shape index (κ1) is 18.4. The third-order valence-electron chi connectivity index (χ3n) is 4.91. The summed E-state index contributed by atoms with van der Waals surface area (Å²) in [7, 11) is -3.03. The lowest BCUT2D eigenvalue weighted by atomic mass is 9.91. The fraction of sp³-hybridized carbons (Fsp3) is 0.529. The van der Waals surface area contributed by atoms with Gasteiger partial charge in [-0.25, -0.2) is 18.4 Å². The maximum absolute atomic E-state index is 11.5. The van der Waals surface area contributed by atoms with Crippen LogP contribution in [-0.2, 0) is 15.4 Å². The van der Waals surface area contributed by atoms with E-state index in [9.17, 15) is 13.5 Å². The average molecular weight is 385 g/mol. The monoisotopic (exact) mass is 384 g/mol. The van der Waals surface area contributed by atoms with Crippen molar-refractivity contribution < 1.29 is 18.3 Å². The van der Waals surface area contributed by atoms with Crippen LogP contribution in [0.15, 0.2) is 18.5 Å². The molecule has 0 spiro atoms. The van der Waals surface area contributed by atoms with Crippen LogP contribution in [0.25, 0.3) is 10.8 Å². The molecule has 0 unspecified atom stereocenters. The Morgan fingerprint density at radius 1 is 1.32 bits per heavy atom. The molecule has 0 radical (unpaired) electrons. The van der Waals surface area contributed by atoms with E-state index in [1.807, 2.05) is 6.92 Å². The number of pyridine rings is 2. The van der Waals surface area contributed by atoms with E-state index >= 15 is 0 Å². The van der Waals surface area contributed by atoms with Crippen molar-refractivity contribution in [1.82, 2.24) is 9.97 Å². The highest BCUT2D eigenvalue weighted by molar-refractivity contribution is 7.91. The SMILES string of the molecule is CC[C@@](C)(O)c1cnc(O[C@H]2C[C@@H](S(C)(=O)=O)C2)c2cnc(Cl)cc12. The Morgan fingerprint density at radius 2 is 2.00 bits per heavy atom. The maximum atomic E-state index is 11.5. The molecule has 6 nitrogen and oxygen atoms in total. The Labute approximate surface area is 152 Å². The number of halogens is 1. The summed E-state index contributed by atoms with van der Waals surface area (Å²) in [5.41, 5.74) is -0.393. The Kier molecular flexibility index (Phi) is 4.68. The van der Waals surface area contributed by atoms with Gasteiger partial charge in [0.1, 0.15) is 11.3 Å². The number of aromatic nitrogens is 2. The molecule has 0 aliphatic heterocycles. The minimum atomic E-state index is -3.03. The van der Waals surface area contributed by atoms with Crippen LogP contribution in [0, 0.1) is 0 Å². The quantitative estimate of drug-likeness (QED) is 0.797. The van der Waals surface area contributed by atoms with E-state index in [1.165, 1.54) is 6.26 Å². The zero-order chi connectivity index (χ0) is 18.4. The van der Waals surface area contributed by atoms with E-state index in [-0.39, 0.29) is 11.4 Å². The molecule has 25 heavy (non-hydrogen) atoms. The van der Waals surface area contributed by atoms with Gasteiger partial charge in [-0.2, -0.15) is 0 Å². The second-order valence-corrected chi connectivity index (χ2v) is 9.53. The van der Waals surface area contributed by atoms with Gasteiger partial charge in [-0.05, 0) is 24.8 Å². The summed E-state index contributed by atoms with van der Waals surface area (Å²) in [4.78, 5) is 8.44. The van der Waals surface area contributed by atoms with Gasteiger partial charge in [0.05, 0.1) is 16.2 Å². The van der Waals surface area contributed by atoms with Crippen LogP contribution in [-0.4, -0.2) is 41.1 Å². The number of sulfone groups is 1. The van der Waals surface area contributed by atoms with Crippen molar-refractivity contribution in [3.05, 3.63) is 29.2 Å². The molecular weight excluding hydrogens is 364 g/mol. The summed E-state index contributed by atoms with van der Waals surface area (Å²) in [6.07, 6.45) is 5.64. The van der Waals surface area contributed by atoms with Gasteiger partial charge in [0.15, 0.2) is 9.84 Å². The Morgan fingerprint density at radius 3 is 2.60 bits per heavy atom. The molecule has 1 aliphatic carbocycles. The van der Waals surface area contributed by atoms with E-state index in [2.05, 4.69) is 9.97 Å². The highest BCUT2D eigenvalue weighted by Gasteiger charge is 2.38. The highest BCUT2D eigenvalue weighted by Crippen LogP contribution is 2.37. The smallest absolute Gasteiger partial charge is 0.223 e. The second-order valence-electron chi connectivity index (χ2n) is 6.82. The summed E-state index contributed by atoms with van der Waals surface area (Å²) in [6.45, 7) is 3.61. The summed E-state index contributed by atoms with van der Waals surface area (Å²) >= 11 is 6.03. The molecule has 1 aliphatic rings. The van der Waals surface area contributed by atoms with E-state index in [1.54, 1.807) is 25.4 Å². The molecule has 1 atom stereocenters. The van der Waals surface area contributed by atoms with Crippen LogP contribution < -0.4 is 4.74 Å². The Bertz CT molecular complexity index is 908. The number of hydrogen-bond donors (Lipinski definition) is 1. The normalized spacial score (nSPS) is 23.1. The second kappa shape index (κ2) is 6.37. The van der Waals surface area contributed by atoms with Crippen LogP contribution >= 0.6 is 11.6 Å². The van der Waals surface area contributed by atoms with Gasteiger partial charge in [-0.15, -0.1) is 0 Å². The first-order valence-corrected chi connectivity index (χ1v) is 10.5. The minimum absolute atomic E-state index is 0.191. The molecule has 8 heteroatoms. The number of fused-ring (bicyclic) bond motifs is 1. The molecule has 0 saturated heterocycles. The molecule has 2 aromatic rings. The van der Waals surface area contributed by atoms with Crippen molar-refractivity contribution in [2.24, 2.45) is 0 Å². The summed E-state index contributed by atoms with van der Waals surface area (Å²) < 4.78 is 28.9. The van der Waals surface area contributed by atoms with Gasteiger partial charge >= 0.3 is 0 Å². The van der Waals surface area contributed by atoms with Gasteiger partial charge in [0, 0.05) is 37.1 Å². The third kappa shape index (κ3) is 3.59. The van der Waals surface area contributed by atoms with Crippen molar-refractivity contribution in [3.63, 3.8) is 0 Å². The van der Waals surface area contributed by atoms with Gasteiger partial charge in [-0.1, -0.05) is 18.5 Å². The van der Waals surface area contributed by atoms with Gasteiger partial charge in [-0.3, -0.25) is 0 Å². The lowest BCUT2D eigenvalue weighted by molar-refractivity contribution is 0.0541. The van der Waals surface area contributed by atoms with Crippen molar-refractivity contribution in [3.8, 4) is 5.88 Å². The van der Waals surface area contributed by atoms with Crippen LogP contribution in [0.4, 0.5) is 0 Å². The molecule has 1 fully saturated rings. The van der Waals surface area contributed by atoms with E-state index < -0.39 is 15.4 Å². The van der Waals surface area contributed by atoms with Gasteiger partial charge in [0.25, 0.3) is 0 Å². The number of rotatable bonds is 5. The molecule has 2 aromatic heterocycles. The number of ether oxygens (including phenoxy) is 1. The summed E-state index contributed by atoms with van der Waals surface area (Å²) in [6, 6.07) is 1.69. The largest absolute Gasteiger partial charge is 0.474 e. The van der Waals surface area contributed by atoms with Crippen molar-refractivity contribution in [2.45, 2.75) is 50.1 Å². The zero-order valence-electron chi connectivity index (χ0n) is 14.4. The molecule has 0 amide bonds. The van der Waals surface area contributed by atoms with Gasteiger partial charge in [0.2, 0.25) is 5.88 Å². The van der Waals surface area contributed by atoms with Crippen molar-refractivity contribution in [1.29, 1.82) is 0 Å². The van der Waals surface area contributed by atoms with Gasteiger partial charge < -0.3 is 9.84 Å². The molecule has 0 aromatic carbocycles. The highest BCUT2D eigenvalue weighted by atomic mass is 35.5. The number of nitrogens with zero attached hydrogens (tertiary/aromatic N) is 2. The van der Waals surface area contributed by atoms with Crippen LogP contribution in [0.3, 0.4) is 0 Å². The van der Waals surface area contributed by atoms with Crippen LogP contribution in [0.1, 0.15) is 38.7 Å². The van der Waals surface area contributed by atoms with E-state index in [0.717, 1.165) is 5.39 Å². The first-order chi connectivity index (χ1) is 11.6. The number of hydrogen-bond acceptors (Lipinski definition) is 6. The van der Waals surface area contributed by atoms with Crippen molar-refractivity contribution >= 4 is 32.2 Å². The summed E-state index contributed by atoms with van der Waals surface area (Å²) in [5, 5.41) is 12.0. The van der Waals surface area contributed by atoms with Crippen LogP contribution in [0.2, 0.25) is 5.15 Å². The lowest BCUT2D eigenvalue weighted by Gasteiger charge is -2.34. The Hall–Kier alpha value is -1.44. The molecule has 3 rings (SSSR count). The average Bonchev–Trinajstić information content (AvgIpc) is 2.48. The standard InChI is InChI=1S/C17H21ClN2O4S/c1-4-17(2,21)14-9-20-16(13-8-19-15(18)7-12(13)14)24-10-5-11(6-10)25(3,22)23/h7-11,21H,4-6H2,1-3H3/t10-,11+,17-/m1/s1. The predicted molar refractivity (Wildman–Crippen MR) is 96.7 cm³/mol. The first-order valence-electron chi connectivity index (χ1n) is 8.14. The molecule has 0 bridgehead atoms. The molecule has 2 heterocycles.